The number of methoxy groups -OCH3 is 1. The van der Waals surface area contributed by atoms with Crippen molar-refractivity contribution in [2.45, 2.75) is 18.9 Å². The molecule has 0 bridgehead atoms. The van der Waals surface area contributed by atoms with E-state index in [1.54, 1.807) is 36.8 Å². The minimum atomic E-state index is -0.129. The molecule has 0 saturated carbocycles. The van der Waals surface area contributed by atoms with Gasteiger partial charge < -0.3 is 19.5 Å². The lowest BCUT2D eigenvalue weighted by molar-refractivity contribution is 0.311. The second-order valence-electron chi connectivity index (χ2n) is 9.83. The molecule has 196 valence electrons. The number of anilines is 3. The first-order valence-corrected chi connectivity index (χ1v) is 13.8. The molecule has 0 spiro atoms. The quantitative estimate of drug-likeness (QED) is 0.276. The first kappa shape index (κ1) is 23.8. The third-order valence-corrected chi connectivity index (χ3v) is 8.66. The third-order valence-electron chi connectivity index (χ3n) is 7.63. The summed E-state index contributed by atoms with van der Waals surface area (Å²) < 4.78 is 22.3. The van der Waals surface area contributed by atoms with Gasteiger partial charge in [-0.15, -0.1) is 10.2 Å². The Hall–Kier alpha value is -4.31. The molecule has 8 nitrogen and oxygen atoms in total. The topological polar surface area (TPSA) is 81.0 Å². The number of benzene rings is 2. The predicted molar refractivity (Wildman–Crippen MR) is 150 cm³/mol. The summed E-state index contributed by atoms with van der Waals surface area (Å²) in [4.78, 5) is 11.1. The van der Waals surface area contributed by atoms with Crippen molar-refractivity contribution in [3.05, 3.63) is 84.7 Å². The van der Waals surface area contributed by atoms with Crippen molar-refractivity contribution in [3.8, 4) is 27.6 Å². The highest BCUT2D eigenvalue weighted by molar-refractivity contribution is 7.18. The molecule has 0 radical (unpaired) electrons. The molecule has 7 rings (SSSR count). The maximum atomic E-state index is 15.0. The first-order chi connectivity index (χ1) is 19.2. The van der Waals surface area contributed by atoms with Gasteiger partial charge in [0.15, 0.2) is 0 Å². The van der Waals surface area contributed by atoms with E-state index in [9.17, 15) is 4.39 Å². The molecular weight excluding hydrogens is 513 g/mol. The molecule has 2 aromatic carbocycles. The number of rotatable bonds is 6. The van der Waals surface area contributed by atoms with Crippen LogP contribution < -0.4 is 15.0 Å². The maximum absolute atomic E-state index is 15.0. The van der Waals surface area contributed by atoms with Crippen molar-refractivity contribution >= 4 is 28.0 Å². The van der Waals surface area contributed by atoms with Crippen molar-refractivity contribution in [2.24, 2.45) is 5.92 Å². The van der Waals surface area contributed by atoms with E-state index in [1.807, 2.05) is 55.0 Å². The number of ether oxygens (including phenoxy) is 1. The van der Waals surface area contributed by atoms with E-state index < -0.39 is 0 Å². The lowest BCUT2D eigenvalue weighted by atomic mass is 9.85. The van der Waals surface area contributed by atoms with Crippen molar-refractivity contribution in [1.29, 1.82) is 0 Å². The van der Waals surface area contributed by atoms with Gasteiger partial charge in [0.05, 0.1) is 31.4 Å². The predicted octanol–water partition coefficient (Wildman–Crippen LogP) is 6.17. The number of aromatic nitrogens is 5. The van der Waals surface area contributed by atoms with E-state index in [0.29, 0.717) is 5.92 Å². The summed E-state index contributed by atoms with van der Waals surface area (Å²) in [6.45, 7) is 1.70. The largest absolute Gasteiger partial charge is 0.497 e. The van der Waals surface area contributed by atoms with Crippen LogP contribution in [0.4, 0.5) is 21.0 Å². The summed E-state index contributed by atoms with van der Waals surface area (Å²) in [6.07, 6.45) is 7.34. The second-order valence-corrected chi connectivity index (χ2v) is 10.8. The smallest absolute Gasteiger partial charge is 0.208 e. The number of nitrogens with zero attached hydrogens (tertiary/aromatic N) is 6. The van der Waals surface area contributed by atoms with Crippen LogP contribution in [0.2, 0.25) is 0 Å². The number of pyridine rings is 1. The van der Waals surface area contributed by atoms with E-state index in [0.717, 1.165) is 75.7 Å². The van der Waals surface area contributed by atoms with Gasteiger partial charge in [0.1, 0.15) is 22.4 Å². The number of nitrogens with one attached hydrogen (secondary N) is 1. The monoisotopic (exact) mass is 539 g/mol. The molecular formula is C29H26FN7OS. The molecule has 1 unspecified atom stereocenters. The van der Waals surface area contributed by atoms with E-state index >= 15 is 0 Å². The summed E-state index contributed by atoms with van der Waals surface area (Å²) in [5, 5.41) is 14.1. The Labute approximate surface area is 229 Å². The Morgan fingerprint density at radius 2 is 1.90 bits per heavy atom. The molecule has 5 aromatic rings. The molecule has 1 N–H and O–H groups in total. The Morgan fingerprint density at radius 3 is 2.72 bits per heavy atom. The lowest BCUT2D eigenvalue weighted by Crippen LogP contribution is -2.36. The minimum absolute atomic E-state index is 0.0146. The van der Waals surface area contributed by atoms with E-state index in [4.69, 9.17) is 4.74 Å². The van der Waals surface area contributed by atoms with Gasteiger partial charge in [0.2, 0.25) is 5.13 Å². The van der Waals surface area contributed by atoms with Crippen LogP contribution in [0.1, 0.15) is 24.4 Å². The van der Waals surface area contributed by atoms with Crippen molar-refractivity contribution in [2.75, 3.05) is 30.4 Å². The Balaban J connectivity index is 1.05. The molecule has 1 saturated heterocycles. The molecule has 0 amide bonds. The zero-order valence-electron chi connectivity index (χ0n) is 21.3. The Morgan fingerprint density at radius 1 is 1.05 bits per heavy atom. The van der Waals surface area contributed by atoms with Crippen LogP contribution in [0.3, 0.4) is 0 Å². The fourth-order valence-corrected chi connectivity index (χ4v) is 6.61. The number of imidazole rings is 1. The molecule has 1 fully saturated rings. The summed E-state index contributed by atoms with van der Waals surface area (Å²) >= 11 is 1.58. The SMILES string of the molecule is COc1ccc(Nc2cc(-c3nnc(N4CCC(C5c6c(F)cccc6-c6cncn65)CC4)s3)ccn2)cc1. The summed E-state index contributed by atoms with van der Waals surface area (Å²) in [5.74, 6) is 1.74. The average Bonchev–Trinajstić information content (AvgIpc) is 3.71. The molecule has 5 heterocycles. The van der Waals surface area contributed by atoms with Crippen molar-refractivity contribution < 1.29 is 9.13 Å². The summed E-state index contributed by atoms with van der Waals surface area (Å²) in [7, 11) is 1.65. The number of piperidine rings is 1. The van der Waals surface area contributed by atoms with Crippen LogP contribution in [-0.4, -0.2) is 44.9 Å². The standard InChI is InChI=1S/C29H26FN7OS/c1-38-21-7-5-20(6-8-21)33-25-15-19(9-12-32-25)28-34-35-29(39-28)36-13-10-18(11-14-36)27-26-22(3-2-4-23(26)30)24-16-31-17-37(24)27/h2-9,12,15-18,27H,10-11,13-14H2,1H3,(H,32,33). The zero-order chi connectivity index (χ0) is 26.3. The van der Waals surface area contributed by atoms with Crippen LogP contribution in [0.5, 0.6) is 5.75 Å². The lowest BCUT2D eigenvalue weighted by Gasteiger charge is -2.35. The van der Waals surface area contributed by atoms with Gasteiger partial charge in [-0.3, -0.25) is 0 Å². The van der Waals surface area contributed by atoms with Gasteiger partial charge in [0.25, 0.3) is 0 Å². The third kappa shape index (κ3) is 4.30. The van der Waals surface area contributed by atoms with Crippen LogP contribution in [0.25, 0.3) is 21.8 Å². The zero-order valence-corrected chi connectivity index (χ0v) is 22.1. The van der Waals surface area contributed by atoms with Crippen LogP contribution >= 0.6 is 11.3 Å². The number of hydrogen-bond donors (Lipinski definition) is 1. The fraction of sp³-hybridized carbons (Fsp3) is 0.241. The van der Waals surface area contributed by atoms with Crippen LogP contribution in [0, 0.1) is 11.7 Å². The van der Waals surface area contributed by atoms with E-state index in [2.05, 4.69) is 34.9 Å². The molecule has 1 atom stereocenters. The molecule has 3 aromatic heterocycles. The fourth-order valence-electron chi connectivity index (χ4n) is 5.72. The van der Waals surface area contributed by atoms with Gasteiger partial charge >= 0.3 is 0 Å². The van der Waals surface area contributed by atoms with E-state index in [-0.39, 0.29) is 11.9 Å². The van der Waals surface area contributed by atoms with Gasteiger partial charge in [-0.2, -0.15) is 0 Å². The molecule has 39 heavy (non-hydrogen) atoms. The van der Waals surface area contributed by atoms with Gasteiger partial charge in [0, 0.05) is 41.7 Å². The number of fused-ring (bicyclic) bond motifs is 3. The van der Waals surface area contributed by atoms with Crippen molar-refractivity contribution in [1.82, 2.24) is 24.7 Å². The number of hydrogen-bond acceptors (Lipinski definition) is 8. The molecule has 0 aliphatic carbocycles. The minimum Gasteiger partial charge on any atom is -0.497 e. The molecule has 10 heteroatoms. The highest BCUT2D eigenvalue weighted by Crippen LogP contribution is 2.47. The van der Waals surface area contributed by atoms with Crippen LogP contribution in [-0.2, 0) is 0 Å². The Bertz CT molecular complexity index is 1620. The Kier molecular flexibility index (Phi) is 5.96. The van der Waals surface area contributed by atoms with Gasteiger partial charge in [-0.1, -0.05) is 23.5 Å². The highest BCUT2D eigenvalue weighted by Gasteiger charge is 2.38. The maximum Gasteiger partial charge on any atom is 0.208 e. The highest BCUT2D eigenvalue weighted by atomic mass is 32.1. The van der Waals surface area contributed by atoms with E-state index in [1.165, 1.54) is 0 Å². The molecule has 2 aliphatic rings. The summed E-state index contributed by atoms with van der Waals surface area (Å²) in [6, 6.07) is 17.0. The first-order valence-electron chi connectivity index (χ1n) is 12.9. The average molecular weight is 540 g/mol. The summed E-state index contributed by atoms with van der Waals surface area (Å²) in [5.41, 5.74) is 4.67. The van der Waals surface area contributed by atoms with Gasteiger partial charge in [-0.05, 0) is 61.2 Å². The van der Waals surface area contributed by atoms with Crippen molar-refractivity contribution in [3.63, 3.8) is 0 Å². The number of halogens is 1. The second kappa shape index (κ2) is 9.77. The van der Waals surface area contributed by atoms with Gasteiger partial charge in [-0.25, -0.2) is 14.4 Å². The molecule has 2 aliphatic heterocycles. The van der Waals surface area contributed by atoms with Crippen LogP contribution in [0.15, 0.2) is 73.3 Å². The normalized spacial score (nSPS) is 16.7.